The first-order valence-electron chi connectivity index (χ1n) is 6.50. The van der Waals surface area contributed by atoms with Crippen molar-refractivity contribution in [3.63, 3.8) is 0 Å². The Bertz CT molecular complexity index is 295. The van der Waals surface area contributed by atoms with Crippen molar-refractivity contribution in [1.82, 2.24) is 5.32 Å². The van der Waals surface area contributed by atoms with Crippen LogP contribution < -0.4 is 5.32 Å². The smallest absolute Gasteiger partial charge is 0.250 e. The topological polar surface area (TPSA) is 47.6 Å². The number of hydrogen-bond donors (Lipinski definition) is 1. The zero-order valence-corrected chi connectivity index (χ0v) is 10.4. The fourth-order valence-corrected chi connectivity index (χ4v) is 2.18. The minimum absolute atomic E-state index is 0.0199. The van der Waals surface area contributed by atoms with Crippen LogP contribution in [0.2, 0.25) is 0 Å². The highest BCUT2D eigenvalue weighted by molar-refractivity contribution is 5.93. The number of carbonyl (C=O) groups is 1. The van der Waals surface area contributed by atoms with Crippen molar-refractivity contribution in [2.45, 2.75) is 38.7 Å². The molecule has 2 aliphatic heterocycles. The van der Waals surface area contributed by atoms with Crippen LogP contribution in [-0.4, -0.2) is 31.8 Å². The Hall–Kier alpha value is -1.03. The first kappa shape index (κ1) is 12.4. The van der Waals surface area contributed by atoms with Crippen LogP contribution in [0.3, 0.4) is 0 Å². The van der Waals surface area contributed by atoms with E-state index in [4.69, 9.17) is 9.47 Å². The third-order valence-electron chi connectivity index (χ3n) is 3.46. The van der Waals surface area contributed by atoms with Gasteiger partial charge in [-0.1, -0.05) is 6.92 Å². The highest BCUT2D eigenvalue weighted by Crippen LogP contribution is 2.19. The Kier molecular flexibility index (Phi) is 4.42. The molecule has 0 aromatic rings. The van der Waals surface area contributed by atoms with Gasteiger partial charge in [0.05, 0.1) is 24.5 Å². The van der Waals surface area contributed by atoms with Crippen molar-refractivity contribution in [3.05, 3.63) is 11.8 Å². The van der Waals surface area contributed by atoms with Gasteiger partial charge < -0.3 is 14.8 Å². The molecule has 4 nitrogen and oxygen atoms in total. The van der Waals surface area contributed by atoms with Gasteiger partial charge in [0, 0.05) is 19.1 Å². The molecular formula is C13H21NO3. The Morgan fingerprint density at radius 3 is 3.00 bits per heavy atom. The largest absolute Gasteiger partial charge is 0.498 e. The van der Waals surface area contributed by atoms with E-state index in [1.165, 1.54) is 0 Å². The summed E-state index contributed by atoms with van der Waals surface area (Å²) >= 11 is 0. The summed E-state index contributed by atoms with van der Waals surface area (Å²) in [7, 11) is 0. The molecule has 96 valence electrons. The summed E-state index contributed by atoms with van der Waals surface area (Å²) in [5.41, 5.74) is 0.772. The molecule has 0 spiro atoms. The van der Waals surface area contributed by atoms with E-state index in [2.05, 4.69) is 12.2 Å². The molecule has 1 N–H and O–H groups in total. The van der Waals surface area contributed by atoms with Gasteiger partial charge >= 0.3 is 0 Å². The third kappa shape index (κ3) is 3.46. The Labute approximate surface area is 102 Å². The van der Waals surface area contributed by atoms with Gasteiger partial charge in [-0.2, -0.15) is 0 Å². The number of ether oxygens (including phenoxy) is 2. The van der Waals surface area contributed by atoms with Crippen molar-refractivity contribution in [2.75, 3.05) is 19.8 Å². The minimum Gasteiger partial charge on any atom is -0.498 e. The zero-order chi connectivity index (χ0) is 12.1. The maximum Gasteiger partial charge on any atom is 0.250 e. The van der Waals surface area contributed by atoms with Gasteiger partial charge in [0.15, 0.2) is 0 Å². The van der Waals surface area contributed by atoms with Crippen molar-refractivity contribution in [2.24, 2.45) is 5.92 Å². The molecule has 2 aliphatic rings. The normalized spacial score (nSPS) is 28.4. The van der Waals surface area contributed by atoms with Gasteiger partial charge in [0.25, 0.3) is 0 Å². The fraction of sp³-hybridized carbons (Fsp3) is 0.769. The summed E-state index contributed by atoms with van der Waals surface area (Å²) in [6.07, 6.45) is 5.75. The lowest BCUT2D eigenvalue weighted by molar-refractivity contribution is -0.118. The molecule has 1 saturated heterocycles. The van der Waals surface area contributed by atoms with Crippen LogP contribution in [0, 0.1) is 5.92 Å². The Morgan fingerprint density at radius 1 is 1.53 bits per heavy atom. The second-order valence-corrected chi connectivity index (χ2v) is 4.79. The van der Waals surface area contributed by atoms with E-state index in [1.54, 1.807) is 6.26 Å². The van der Waals surface area contributed by atoms with E-state index >= 15 is 0 Å². The number of amides is 1. The Morgan fingerprint density at radius 2 is 2.41 bits per heavy atom. The molecule has 2 rings (SSSR count). The molecule has 4 heteroatoms. The maximum absolute atomic E-state index is 11.8. The average molecular weight is 239 g/mol. The fourth-order valence-electron chi connectivity index (χ4n) is 2.18. The lowest BCUT2D eigenvalue weighted by Crippen LogP contribution is -2.32. The van der Waals surface area contributed by atoms with Gasteiger partial charge in [-0.25, -0.2) is 0 Å². The molecule has 0 aliphatic carbocycles. The minimum atomic E-state index is 0.0199. The van der Waals surface area contributed by atoms with Crippen LogP contribution in [0.15, 0.2) is 11.8 Å². The standard InChI is InChI=1S/C13H21NO3/c1-2-12-4-3-11(9-17-12)13(15)14-7-10-5-6-16-8-10/h9-10,12H,2-8H2,1H3,(H,14,15). The highest BCUT2D eigenvalue weighted by Gasteiger charge is 2.20. The first-order valence-corrected chi connectivity index (χ1v) is 6.50. The monoisotopic (exact) mass is 239 g/mol. The first-order chi connectivity index (χ1) is 8.29. The summed E-state index contributed by atoms with van der Waals surface area (Å²) in [5.74, 6) is 0.499. The summed E-state index contributed by atoms with van der Waals surface area (Å²) < 4.78 is 10.8. The van der Waals surface area contributed by atoms with Crippen molar-refractivity contribution in [1.29, 1.82) is 0 Å². The summed E-state index contributed by atoms with van der Waals surface area (Å²) in [5, 5.41) is 2.96. The maximum atomic E-state index is 11.8. The Balaban J connectivity index is 1.74. The molecule has 1 fully saturated rings. The summed E-state index contributed by atoms with van der Waals surface area (Å²) in [6, 6.07) is 0. The van der Waals surface area contributed by atoms with Crippen LogP contribution in [0.4, 0.5) is 0 Å². The molecular weight excluding hydrogens is 218 g/mol. The van der Waals surface area contributed by atoms with E-state index in [1.807, 2.05) is 0 Å². The van der Waals surface area contributed by atoms with E-state index in [0.717, 1.165) is 44.5 Å². The van der Waals surface area contributed by atoms with Gasteiger partial charge in [-0.15, -0.1) is 0 Å². The molecule has 0 aromatic heterocycles. The predicted molar refractivity (Wildman–Crippen MR) is 64.4 cm³/mol. The second-order valence-electron chi connectivity index (χ2n) is 4.79. The van der Waals surface area contributed by atoms with Crippen molar-refractivity contribution < 1.29 is 14.3 Å². The molecule has 0 bridgehead atoms. The van der Waals surface area contributed by atoms with Crippen LogP contribution in [0.25, 0.3) is 0 Å². The predicted octanol–water partition coefficient (Wildman–Crippen LogP) is 1.61. The van der Waals surface area contributed by atoms with Crippen LogP contribution in [0.1, 0.15) is 32.6 Å². The molecule has 0 radical (unpaired) electrons. The van der Waals surface area contributed by atoms with Crippen molar-refractivity contribution >= 4 is 5.91 Å². The summed E-state index contributed by atoms with van der Waals surface area (Å²) in [4.78, 5) is 11.8. The van der Waals surface area contributed by atoms with E-state index in [9.17, 15) is 4.79 Å². The number of carbonyl (C=O) groups excluding carboxylic acids is 1. The zero-order valence-electron chi connectivity index (χ0n) is 10.4. The average Bonchev–Trinajstić information content (AvgIpc) is 2.89. The van der Waals surface area contributed by atoms with Gasteiger partial charge in [-0.3, -0.25) is 4.79 Å². The SMILES string of the molecule is CCC1CCC(C(=O)NCC2CCOC2)=CO1. The van der Waals surface area contributed by atoms with Crippen molar-refractivity contribution in [3.8, 4) is 0 Å². The summed E-state index contributed by atoms with van der Waals surface area (Å²) in [6.45, 7) is 4.41. The number of rotatable bonds is 4. The van der Waals surface area contributed by atoms with E-state index in [-0.39, 0.29) is 12.0 Å². The highest BCUT2D eigenvalue weighted by atomic mass is 16.5. The third-order valence-corrected chi connectivity index (χ3v) is 3.46. The lowest BCUT2D eigenvalue weighted by Gasteiger charge is -2.21. The molecule has 2 unspecified atom stereocenters. The molecule has 2 atom stereocenters. The number of nitrogens with one attached hydrogen (secondary N) is 1. The van der Waals surface area contributed by atoms with E-state index < -0.39 is 0 Å². The van der Waals surface area contributed by atoms with Crippen LogP contribution in [-0.2, 0) is 14.3 Å². The van der Waals surface area contributed by atoms with Gasteiger partial charge in [-0.05, 0) is 25.7 Å². The quantitative estimate of drug-likeness (QED) is 0.811. The lowest BCUT2D eigenvalue weighted by atomic mass is 10.0. The molecule has 2 heterocycles. The molecule has 0 aromatic carbocycles. The number of hydrogen-bond acceptors (Lipinski definition) is 3. The second kappa shape index (κ2) is 6.05. The molecule has 0 saturated carbocycles. The van der Waals surface area contributed by atoms with Crippen LogP contribution in [0.5, 0.6) is 0 Å². The van der Waals surface area contributed by atoms with Gasteiger partial charge in [0.1, 0.15) is 0 Å². The van der Waals surface area contributed by atoms with Crippen LogP contribution >= 0.6 is 0 Å². The van der Waals surface area contributed by atoms with Gasteiger partial charge in [0.2, 0.25) is 5.91 Å². The molecule has 17 heavy (non-hydrogen) atoms. The molecule has 1 amide bonds. The van der Waals surface area contributed by atoms with E-state index in [0.29, 0.717) is 12.5 Å².